The van der Waals surface area contributed by atoms with Crippen LogP contribution in [0.4, 0.5) is 8.78 Å². The van der Waals surface area contributed by atoms with Crippen LogP contribution in [0.3, 0.4) is 0 Å². The molecule has 2 rings (SSSR count). The maximum absolute atomic E-state index is 13.4. The number of hydrogen-bond donors (Lipinski definition) is 1. The molecule has 0 aliphatic heterocycles. The van der Waals surface area contributed by atoms with Gasteiger partial charge < -0.3 is 5.11 Å². The van der Waals surface area contributed by atoms with Crippen LogP contribution in [0.5, 0.6) is 0 Å². The number of pyridine rings is 1. The maximum atomic E-state index is 13.4. The molecule has 86 valence electrons. The number of carboxylic acids is 1. The standard InChI is InChI=1S/C12H7F2NO2/c13-10-4-2-1-3-8(10)9-5-7(12(16)17)6-15-11(9)14/h1-6H,(H,16,17). The third-order valence-electron chi connectivity index (χ3n) is 2.25. The zero-order valence-corrected chi connectivity index (χ0v) is 8.52. The van der Waals surface area contributed by atoms with Crippen molar-refractivity contribution >= 4 is 5.97 Å². The summed E-state index contributed by atoms with van der Waals surface area (Å²) in [5.74, 6) is -2.77. The number of carbonyl (C=O) groups is 1. The molecular weight excluding hydrogens is 228 g/mol. The minimum atomic E-state index is -1.24. The molecule has 1 aromatic carbocycles. The van der Waals surface area contributed by atoms with Gasteiger partial charge in [0.15, 0.2) is 0 Å². The van der Waals surface area contributed by atoms with Crippen molar-refractivity contribution in [3.8, 4) is 11.1 Å². The molecule has 0 radical (unpaired) electrons. The van der Waals surface area contributed by atoms with E-state index in [1.54, 1.807) is 0 Å². The highest BCUT2D eigenvalue weighted by Gasteiger charge is 2.14. The molecule has 2 aromatic rings. The molecule has 1 N–H and O–H groups in total. The number of benzene rings is 1. The van der Waals surface area contributed by atoms with Gasteiger partial charge in [0, 0.05) is 17.3 Å². The Bertz CT molecular complexity index is 584. The summed E-state index contributed by atoms with van der Waals surface area (Å²) < 4.78 is 26.9. The number of aromatic carboxylic acids is 1. The lowest BCUT2D eigenvalue weighted by atomic mass is 10.1. The van der Waals surface area contributed by atoms with E-state index in [2.05, 4.69) is 4.98 Å². The molecule has 17 heavy (non-hydrogen) atoms. The normalized spacial score (nSPS) is 10.2. The lowest BCUT2D eigenvalue weighted by Gasteiger charge is -2.05. The number of aromatic nitrogens is 1. The number of hydrogen-bond acceptors (Lipinski definition) is 2. The molecule has 0 saturated heterocycles. The Kier molecular flexibility index (Phi) is 2.82. The van der Waals surface area contributed by atoms with Crippen molar-refractivity contribution in [2.75, 3.05) is 0 Å². The molecule has 1 aromatic heterocycles. The first kappa shape index (κ1) is 11.2. The van der Waals surface area contributed by atoms with Crippen LogP contribution in [0.25, 0.3) is 11.1 Å². The zero-order valence-electron chi connectivity index (χ0n) is 8.52. The van der Waals surface area contributed by atoms with Crippen molar-refractivity contribution in [3.05, 3.63) is 53.9 Å². The van der Waals surface area contributed by atoms with Gasteiger partial charge in [-0.25, -0.2) is 14.2 Å². The number of halogens is 2. The molecule has 1 heterocycles. The smallest absolute Gasteiger partial charge is 0.337 e. The zero-order chi connectivity index (χ0) is 12.4. The van der Waals surface area contributed by atoms with Crippen LogP contribution in [0.1, 0.15) is 10.4 Å². The molecule has 0 aliphatic rings. The summed E-state index contributed by atoms with van der Waals surface area (Å²) in [6.07, 6.45) is 0.891. The van der Waals surface area contributed by atoms with Crippen molar-refractivity contribution in [3.63, 3.8) is 0 Å². The first-order valence-corrected chi connectivity index (χ1v) is 4.73. The second-order valence-corrected chi connectivity index (χ2v) is 3.35. The van der Waals surface area contributed by atoms with E-state index in [0.717, 1.165) is 12.3 Å². The summed E-state index contributed by atoms with van der Waals surface area (Å²) in [5.41, 5.74) is -0.367. The highest BCUT2D eigenvalue weighted by atomic mass is 19.1. The van der Waals surface area contributed by atoms with Crippen molar-refractivity contribution < 1.29 is 18.7 Å². The second-order valence-electron chi connectivity index (χ2n) is 3.35. The highest BCUT2D eigenvalue weighted by molar-refractivity contribution is 5.88. The van der Waals surface area contributed by atoms with Crippen molar-refractivity contribution in [2.24, 2.45) is 0 Å². The molecule has 0 atom stereocenters. The molecule has 3 nitrogen and oxygen atoms in total. The SMILES string of the molecule is O=C(O)c1cnc(F)c(-c2ccccc2F)c1. The van der Waals surface area contributed by atoms with Gasteiger partial charge in [-0.2, -0.15) is 4.39 Å². The Labute approximate surface area is 95.4 Å². The summed E-state index contributed by atoms with van der Waals surface area (Å²) in [6, 6.07) is 6.59. The number of nitrogens with zero attached hydrogens (tertiary/aromatic N) is 1. The van der Waals surface area contributed by atoms with E-state index in [9.17, 15) is 13.6 Å². The van der Waals surface area contributed by atoms with E-state index in [4.69, 9.17) is 5.11 Å². The summed E-state index contributed by atoms with van der Waals surface area (Å²) in [6.45, 7) is 0. The van der Waals surface area contributed by atoms with E-state index in [0.29, 0.717) is 0 Å². The Morgan fingerprint density at radius 3 is 2.53 bits per heavy atom. The van der Waals surface area contributed by atoms with Gasteiger partial charge in [0.2, 0.25) is 5.95 Å². The van der Waals surface area contributed by atoms with E-state index < -0.39 is 17.7 Å². The fourth-order valence-electron chi connectivity index (χ4n) is 1.43. The van der Waals surface area contributed by atoms with E-state index >= 15 is 0 Å². The molecular formula is C12H7F2NO2. The molecule has 0 bridgehead atoms. The van der Waals surface area contributed by atoms with Crippen molar-refractivity contribution in [2.45, 2.75) is 0 Å². The van der Waals surface area contributed by atoms with Gasteiger partial charge in [0.05, 0.1) is 5.56 Å². The van der Waals surface area contributed by atoms with Crippen molar-refractivity contribution in [1.29, 1.82) is 0 Å². The van der Waals surface area contributed by atoms with Crippen LogP contribution < -0.4 is 0 Å². The third-order valence-corrected chi connectivity index (χ3v) is 2.25. The Hall–Kier alpha value is -2.30. The van der Waals surface area contributed by atoms with Gasteiger partial charge >= 0.3 is 5.97 Å². The third kappa shape index (κ3) is 2.13. The molecule has 0 unspecified atom stereocenters. The van der Waals surface area contributed by atoms with Gasteiger partial charge in [-0.1, -0.05) is 18.2 Å². The molecule has 0 saturated carbocycles. The van der Waals surface area contributed by atoms with Gasteiger partial charge in [-0.15, -0.1) is 0 Å². The largest absolute Gasteiger partial charge is 0.478 e. The molecule has 0 aliphatic carbocycles. The average molecular weight is 235 g/mol. The Morgan fingerprint density at radius 2 is 1.88 bits per heavy atom. The van der Waals surface area contributed by atoms with E-state index in [-0.39, 0.29) is 16.7 Å². The van der Waals surface area contributed by atoms with Gasteiger partial charge in [-0.3, -0.25) is 0 Å². The Morgan fingerprint density at radius 1 is 1.18 bits per heavy atom. The molecule has 0 amide bonds. The first-order chi connectivity index (χ1) is 8.09. The lowest BCUT2D eigenvalue weighted by Crippen LogP contribution is -2.00. The fraction of sp³-hybridized carbons (Fsp3) is 0. The first-order valence-electron chi connectivity index (χ1n) is 4.73. The molecule has 5 heteroatoms. The predicted molar refractivity (Wildman–Crippen MR) is 56.5 cm³/mol. The molecule has 0 spiro atoms. The van der Waals surface area contributed by atoms with Crippen LogP contribution >= 0.6 is 0 Å². The molecule has 0 fully saturated rings. The van der Waals surface area contributed by atoms with Crippen molar-refractivity contribution in [1.82, 2.24) is 4.98 Å². The topological polar surface area (TPSA) is 50.2 Å². The van der Waals surface area contributed by atoms with Crippen LogP contribution in [0.2, 0.25) is 0 Å². The monoisotopic (exact) mass is 235 g/mol. The maximum Gasteiger partial charge on any atom is 0.337 e. The average Bonchev–Trinajstić information content (AvgIpc) is 2.30. The van der Waals surface area contributed by atoms with Crippen LogP contribution in [-0.2, 0) is 0 Å². The summed E-state index contributed by atoms with van der Waals surface area (Å²) in [4.78, 5) is 14.0. The van der Waals surface area contributed by atoms with Gasteiger partial charge in [0.1, 0.15) is 5.82 Å². The van der Waals surface area contributed by atoms with Gasteiger partial charge in [-0.05, 0) is 12.1 Å². The minimum Gasteiger partial charge on any atom is -0.478 e. The van der Waals surface area contributed by atoms with Crippen LogP contribution in [0, 0.1) is 11.8 Å². The quantitative estimate of drug-likeness (QED) is 0.814. The number of rotatable bonds is 2. The van der Waals surface area contributed by atoms with Gasteiger partial charge in [0.25, 0.3) is 0 Å². The Balaban J connectivity index is 2.63. The highest BCUT2D eigenvalue weighted by Crippen LogP contribution is 2.25. The second kappa shape index (κ2) is 4.29. The van der Waals surface area contributed by atoms with Crippen LogP contribution in [-0.4, -0.2) is 16.1 Å². The summed E-state index contributed by atoms with van der Waals surface area (Å²) in [7, 11) is 0. The van der Waals surface area contributed by atoms with E-state index in [1.807, 2.05) is 0 Å². The minimum absolute atomic E-state index is 0.0133. The van der Waals surface area contributed by atoms with Crippen LogP contribution in [0.15, 0.2) is 36.5 Å². The number of carboxylic acid groups (broad SMARTS) is 1. The van der Waals surface area contributed by atoms with E-state index in [1.165, 1.54) is 24.3 Å². The summed E-state index contributed by atoms with van der Waals surface area (Å²) >= 11 is 0. The predicted octanol–water partition coefficient (Wildman–Crippen LogP) is 2.73. The fourth-order valence-corrected chi connectivity index (χ4v) is 1.43. The lowest BCUT2D eigenvalue weighted by molar-refractivity contribution is 0.0696. The summed E-state index contributed by atoms with van der Waals surface area (Å²) in [5, 5.41) is 8.76.